The molecule has 0 bridgehead atoms. The molecule has 1 fully saturated rings. The molecule has 1 N–H and O–H groups in total. The van der Waals surface area contributed by atoms with Gasteiger partial charge < -0.3 is 15.0 Å². The summed E-state index contributed by atoms with van der Waals surface area (Å²) in [6.07, 6.45) is 0. The Kier molecular flexibility index (Phi) is 4.86. The number of piperazine rings is 1. The van der Waals surface area contributed by atoms with Crippen LogP contribution in [0.5, 0.6) is 5.75 Å². The summed E-state index contributed by atoms with van der Waals surface area (Å²) in [5.74, 6) is 0.640. The molecule has 0 atom stereocenters. The molecule has 1 aromatic carbocycles. The minimum Gasteiger partial charge on any atom is -0.483 e. The molecule has 1 heterocycles. The standard InChI is InChI=1S/C12H14BrClN2O2/c13-10-7-9(14)1-2-11(10)18-8-12(17)16-5-3-15-4-6-16/h1-2,7,15H,3-6,8H2. The van der Waals surface area contributed by atoms with Crippen molar-refractivity contribution in [3.63, 3.8) is 0 Å². The first-order valence-corrected chi connectivity index (χ1v) is 6.90. The maximum Gasteiger partial charge on any atom is 0.260 e. The highest BCUT2D eigenvalue weighted by Crippen LogP contribution is 2.27. The van der Waals surface area contributed by atoms with Gasteiger partial charge in [0.15, 0.2) is 6.61 Å². The third kappa shape index (κ3) is 3.60. The molecule has 0 radical (unpaired) electrons. The second kappa shape index (κ2) is 6.41. The Balaban J connectivity index is 1.88. The van der Waals surface area contributed by atoms with E-state index in [1.165, 1.54) is 0 Å². The molecule has 1 amide bonds. The van der Waals surface area contributed by atoms with Crippen LogP contribution in [0.15, 0.2) is 22.7 Å². The van der Waals surface area contributed by atoms with E-state index in [4.69, 9.17) is 16.3 Å². The quantitative estimate of drug-likeness (QED) is 0.919. The molecule has 0 aliphatic carbocycles. The van der Waals surface area contributed by atoms with Gasteiger partial charge in [-0.15, -0.1) is 0 Å². The Labute approximate surface area is 119 Å². The monoisotopic (exact) mass is 332 g/mol. The zero-order valence-electron chi connectivity index (χ0n) is 9.79. The van der Waals surface area contributed by atoms with Crippen molar-refractivity contribution in [3.05, 3.63) is 27.7 Å². The Morgan fingerprint density at radius 1 is 1.44 bits per heavy atom. The summed E-state index contributed by atoms with van der Waals surface area (Å²) >= 11 is 9.18. The fourth-order valence-corrected chi connectivity index (χ4v) is 2.53. The van der Waals surface area contributed by atoms with Crippen molar-refractivity contribution in [1.29, 1.82) is 0 Å². The molecule has 98 valence electrons. The first-order valence-electron chi connectivity index (χ1n) is 5.73. The molecule has 1 aromatic rings. The number of hydrogen-bond donors (Lipinski definition) is 1. The molecule has 1 aliphatic rings. The number of carbonyl (C=O) groups excluding carboxylic acids is 1. The molecule has 18 heavy (non-hydrogen) atoms. The molecular weight excluding hydrogens is 320 g/mol. The maximum atomic E-state index is 11.9. The fraction of sp³-hybridized carbons (Fsp3) is 0.417. The van der Waals surface area contributed by atoms with E-state index >= 15 is 0 Å². The molecule has 2 rings (SSSR count). The van der Waals surface area contributed by atoms with E-state index in [1.807, 2.05) is 0 Å². The normalized spacial score (nSPS) is 15.6. The van der Waals surface area contributed by atoms with Crippen molar-refractivity contribution in [2.45, 2.75) is 0 Å². The van der Waals surface area contributed by atoms with Gasteiger partial charge >= 0.3 is 0 Å². The molecule has 0 aromatic heterocycles. The average Bonchev–Trinajstić information content (AvgIpc) is 2.38. The minimum absolute atomic E-state index is 0.0124. The summed E-state index contributed by atoms with van der Waals surface area (Å²) in [4.78, 5) is 13.7. The number of carbonyl (C=O) groups is 1. The summed E-state index contributed by atoms with van der Waals surface area (Å²) in [5, 5.41) is 3.83. The zero-order valence-corrected chi connectivity index (χ0v) is 12.1. The van der Waals surface area contributed by atoms with Gasteiger partial charge in [-0.25, -0.2) is 0 Å². The van der Waals surface area contributed by atoms with Gasteiger partial charge in [0.1, 0.15) is 5.75 Å². The smallest absolute Gasteiger partial charge is 0.260 e. The molecular formula is C12H14BrClN2O2. The number of nitrogens with one attached hydrogen (secondary N) is 1. The number of nitrogens with zero attached hydrogens (tertiary/aromatic N) is 1. The second-order valence-corrected chi connectivity index (χ2v) is 5.28. The third-order valence-corrected chi connectivity index (χ3v) is 3.57. The van der Waals surface area contributed by atoms with E-state index in [1.54, 1.807) is 23.1 Å². The van der Waals surface area contributed by atoms with Gasteiger partial charge in [-0.05, 0) is 34.1 Å². The second-order valence-electron chi connectivity index (χ2n) is 3.99. The summed E-state index contributed by atoms with van der Waals surface area (Å²) in [6, 6.07) is 5.22. The van der Waals surface area contributed by atoms with Crippen LogP contribution >= 0.6 is 27.5 Å². The van der Waals surface area contributed by atoms with E-state index in [-0.39, 0.29) is 12.5 Å². The predicted molar refractivity (Wildman–Crippen MR) is 74.1 cm³/mol. The molecule has 0 unspecified atom stereocenters. The lowest BCUT2D eigenvalue weighted by molar-refractivity contribution is -0.133. The van der Waals surface area contributed by atoms with Crippen LogP contribution < -0.4 is 10.1 Å². The summed E-state index contributed by atoms with van der Waals surface area (Å²) < 4.78 is 6.24. The van der Waals surface area contributed by atoms with Gasteiger partial charge in [0.2, 0.25) is 0 Å². The number of rotatable bonds is 3. The highest BCUT2D eigenvalue weighted by Gasteiger charge is 2.16. The van der Waals surface area contributed by atoms with Crippen LogP contribution in [0, 0.1) is 0 Å². The topological polar surface area (TPSA) is 41.6 Å². The molecule has 4 nitrogen and oxygen atoms in total. The van der Waals surface area contributed by atoms with Crippen LogP contribution in [-0.4, -0.2) is 43.6 Å². The van der Waals surface area contributed by atoms with Crippen molar-refractivity contribution < 1.29 is 9.53 Å². The zero-order chi connectivity index (χ0) is 13.0. The van der Waals surface area contributed by atoms with Crippen LogP contribution in [0.1, 0.15) is 0 Å². The molecule has 0 spiro atoms. The average molecular weight is 334 g/mol. The molecule has 6 heteroatoms. The van der Waals surface area contributed by atoms with E-state index in [9.17, 15) is 4.79 Å². The summed E-state index contributed by atoms with van der Waals surface area (Å²) in [7, 11) is 0. The fourth-order valence-electron chi connectivity index (χ4n) is 1.74. The van der Waals surface area contributed by atoms with Crippen molar-refractivity contribution >= 4 is 33.4 Å². The van der Waals surface area contributed by atoms with E-state index in [0.717, 1.165) is 30.7 Å². The SMILES string of the molecule is O=C(COc1ccc(Cl)cc1Br)N1CCNCC1. The Hall–Kier alpha value is -0.780. The van der Waals surface area contributed by atoms with Crippen molar-refractivity contribution in [2.24, 2.45) is 0 Å². The van der Waals surface area contributed by atoms with Gasteiger partial charge in [-0.2, -0.15) is 0 Å². The van der Waals surface area contributed by atoms with Crippen LogP contribution in [0.3, 0.4) is 0 Å². The summed E-state index contributed by atoms with van der Waals surface area (Å²) in [5.41, 5.74) is 0. The number of benzene rings is 1. The van der Waals surface area contributed by atoms with Crippen LogP contribution in [0.25, 0.3) is 0 Å². The Morgan fingerprint density at radius 3 is 2.83 bits per heavy atom. The Bertz CT molecular complexity index is 436. The lowest BCUT2D eigenvalue weighted by Gasteiger charge is -2.27. The van der Waals surface area contributed by atoms with E-state index in [0.29, 0.717) is 10.8 Å². The van der Waals surface area contributed by atoms with Crippen LogP contribution in [0.4, 0.5) is 0 Å². The number of ether oxygens (including phenoxy) is 1. The Morgan fingerprint density at radius 2 is 2.17 bits per heavy atom. The van der Waals surface area contributed by atoms with Crippen molar-refractivity contribution in [2.75, 3.05) is 32.8 Å². The number of hydrogen-bond acceptors (Lipinski definition) is 3. The lowest BCUT2D eigenvalue weighted by atomic mass is 10.3. The van der Waals surface area contributed by atoms with Gasteiger partial charge in [-0.1, -0.05) is 11.6 Å². The van der Waals surface area contributed by atoms with E-state index in [2.05, 4.69) is 21.2 Å². The predicted octanol–water partition coefficient (Wildman–Crippen LogP) is 1.91. The molecule has 1 saturated heterocycles. The molecule has 0 saturated carbocycles. The van der Waals surface area contributed by atoms with Gasteiger partial charge in [0, 0.05) is 31.2 Å². The van der Waals surface area contributed by atoms with Crippen LogP contribution in [0.2, 0.25) is 5.02 Å². The van der Waals surface area contributed by atoms with Crippen molar-refractivity contribution in [1.82, 2.24) is 10.2 Å². The van der Waals surface area contributed by atoms with E-state index < -0.39 is 0 Å². The molecule has 1 aliphatic heterocycles. The first kappa shape index (κ1) is 13.6. The van der Waals surface area contributed by atoms with Gasteiger partial charge in [0.05, 0.1) is 4.47 Å². The number of halogens is 2. The lowest BCUT2D eigenvalue weighted by Crippen LogP contribution is -2.47. The highest BCUT2D eigenvalue weighted by molar-refractivity contribution is 9.10. The van der Waals surface area contributed by atoms with Crippen molar-refractivity contribution in [3.8, 4) is 5.75 Å². The first-order chi connectivity index (χ1) is 8.66. The van der Waals surface area contributed by atoms with Crippen LogP contribution in [-0.2, 0) is 4.79 Å². The number of amides is 1. The minimum atomic E-state index is 0.0124. The maximum absolute atomic E-state index is 11.9. The summed E-state index contributed by atoms with van der Waals surface area (Å²) in [6.45, 7) is 3.22. The highest BCUT2D eigenvalue weighted by atomic mass is 79.9. The van der Waals surface area contributed by atoms with Gasteiger partial charge in [0.25, 0.3) is 5.91 Å². The largest absolute Gasteiger partial charge is 0.483 e. The van der Waals surface area contributed by atoms with Gasteiger partial charge in [-0.3, -0.25) is 4.79 Å². The third-order valence-electron chi connectivity index (χ3n) is 2.71.